The van der Waals surface area contributed by atoms with Crippen LogP contribution >= 0.6 is 11.3 Å². The second-order valence-electron chi connectivity index (χ2n) is 7.55. The lowest BCUT2D eigenvalue weighted by atomic mass is 10.2. The molecule has 9 heteroatoms. The van der Waals surface area contributed by atoms with E-state index in [9.17, 15) is 13.2 Å². The summed E-state index contributed by atoms with van der Waals surface area (Å²) in [5.41, 5.74) is 3.49. The maximum absolute atomic E-state index is 12.9. The van der Waals surface area contributed by atoms with Crippen LogP contribution in [0.15, 0.2) is 83.1 Å². The number of methoxy groups -OCH3 is 1. The van der Waals surface area contributed by atoms with Crippen LogP contribution in [0, 0.1) is 6.92 Å². The van der Waals surface area contributed by atoms with E-state index >= 15 is 0 Å². The largest absolute Gasteiger partial charge is 0.497 e. The van der Waals surface area contributed by atoms with Gasteiger partial charge in [-0.05, 0) is 67.6 Å². The number of carbonyl (C=O) groups excluding carboxylic acids is 1. The fraction of sp³-hybridized carbons (Fsp3) is 0.120. The van der Waals surface area contributed by atoms with Gasteiger partial charge in [-0.3, -0.25) is 14.4 Å². The Morgan fingerprint density at radius 3 is 2.24 bits per heavy atom. The van der Waals surface area contributed by atoms with Gasteiger partial charge in [-0.2, -0.15) is 0 Å². The zero-order valence-electron chi connectivity index (χ0n) is 18.8. The molecule has 0 aliphatic carbocycles. The van der Waals surface area contributed by atoms with E-state index in [0.29, 0.717) is 16.4 Å². The average Bonchev–Trinajstić information content (AvgIpc) is 3.32. The number of amides is 1. The summed E-state index contributed by atoms with van der Waals surface area (Å²) in [6.45, 7) is 1.90. The molecule has 0 aliphatic rings. The van der Waals surface area contributed by atoms with Gasteiger partial charge in [-0.15, -0.1) is 11.3 Å². The first-order valence-electron chi connectivity index (χ1n) is 10.3. The van der Waals surface area contributed by atoms with E-state index in [4.69, 9.17) is 4.74 Å². The number of aryl methyl sites for hydroxylation is 1. The fourth-order valence-corrected chi connectivity index (χ4v) is 5.13. The number of hydrogen-bond acceptors (Lipinski definition) is 6. The van der Waals surface area contributed by atoms with Crippen molar-refractivity contribution in [1.29, 1.82) is 0 Å². The Morgan fingerprint density at radius 1 is 0.971 bits per heavy atom. The summed E-state index contributed by atoms with van der Waals surface area (Å²) in [6, 6.07) is 20.6. The minimum atomic E-state index is -3.70. The monoisotopic (exact) mass is 493 g/mol. The Labute approximate surface area is 202 Å². The van der Waals surface area contributed by atoms with Crippen molar-refractivity contribution >= 4 is 38.1 Å². The highest BCUT2D eigenvalue weighted by atomic mass is 32.2. The van der Waals surface area contributed by atoms with E-state index in [-0.39, 0.29) is 10.8 Å². The third kappa shape index (κ3) is 4.95. The number of nitrogens with one attached hydrogen (secondary N) is 1. The van der Waals surface area contributed by atoms with Gasteiger partial charge in [0.25, 0.3) is 15.9 Å². The Balaban J connectivity index is 1.45. The Hall–Kier alpha value is -3.69. The minimum Gasteiger partial charge on any atom is -0.497 e. The first-order valence-corrected chi connectivity index (χ1v) is 12.7. The molecular weight excluding hydrogens is 470 g/mol. The van der Waals surface area contributed by atoms with E-state index in [1.54, 1.807) is 55.6 Å². The summed E-state index contributed by atoms with van der Waals surface area (Å²) in [5, 5.41) is 5.13. The summed E-state index contributed by atoms with van der Waals surface area (Å²) in [6.07, 6.45) is 0. The summed E-state index contributed by atoms with van der Waals surface area (Å²) < 4.78 is 32.1. The number of thiazole rings is 1. The van der Waals surface area contributed by atoms with Crippen LogP contribution in [0.4, 0.5) is 10.8 Å². The van der Waals surface area contributed by atoms with Crippen LogP contribution in [0.2, 0.25) is 0 Å². The van der Waals surface area contributed by atoms with Gasteiger partial charge in [-0.25, -0.2) is 13.4 Å². The van der Waals surface area contributed by atoms with Crippen molar-refractivity contribution in [1.82, 2.24) is 4.98 Å². The lowest BCUT2D eigenvalue weighted by Crippen LogP contribution is -2.26. The molecule has 1 aromatic heterocycles. The minimum absolute atomic E-state index is 0.207. The standard InChI is InChI=1S/C25H23N3O4S2/c1-17-4-14-22(15-5-17)34(30,31)28(2)20-10-6-19(7-11-20)24(29)27-25-26-23(16-33-25)18-8-12-21(32-3)13-9-18/h4-16H,1-3H3,(H,26,27,29). The molecule has 0 atom stereocenters. The van der Waals surface area contributed by atoms with Crippen LogP contribution in [0.1, 0.15) is 15.9 Å². The molecule has 0 fully saturated rings. The molecule has 4 rings (SSSR count). The summed E-state index contributed by atoms with van der Waals surface area (Å²) in [5.74, 6) is 0.430. The highest BCUT2D eigenvalue weighted by Gasteiger charge is 2.21. The molecule has 0 bridgehead atoms. The van der Waals surface area contributed by atoms with E-state index in [0.717, 1.165) is 22.6 Å². The Bertz CT molecular complexity index is 1400. The average molecular weight is 494 g/mol. The highest BCUT2D eigenvalue weighted by molar-refractivity contribution is 7.92. The number of aromatic nitrogens is 1. The van der Waals surface area contributed by atoms with Crippen molar-refractivity contribution in [3.05, 3.63) is 89.3 Å². The molecule has 0 unspecified atom stereocenters. The number of ether oxygens (including phenoxy) is 1. The smallest absolute Gasteiger partial charge is 0.264 e. The number of rotatable bonds is 7. The number of sulfonamides is 1. The SMILES string of the molecule is COc1ccc(-c2csc(NC(=O)c3ccc(N(C)S(=O)(=O)c4ccc(C)cc4)cc3)n2)cc1. The van der Waals surface area contributed by atoms with Gasteiger partial charge in [0.2, 0.25) is 0 Å². The molecule has 1 heterocycles. The second-order valence-corrected chi connectivity index (χ2v) is 10.4. The third-order valence-corrected chi connectivity index (χ3v) is 7.84. The highest BCUT2D eigenvalue weighted by Crippen LogP contribution is 2.27. The van der Waals surface area contributed by atoms with Gasteiger partial charge in [0, 0.05) is 23.6 Å². The van der Waals surface area contributed by atoms with E-state index in [2.05, 4.69) is 10.3 Å². The molecule has 4 aromatic rings. The van der Waals surface area contributed by atoms with Gasteiger partial charge in [0.05, 0.1) is 23.4 Å². The van der Waals surface area contributed by atoms with Crippen molar-refractivity contribution in [3.8, 4) is 17.0 Å². The van der Waals surface area contributed by atoms with Crippen LogP contribution < -0.4 is 14.4 Å². The quantitative estimate of drug-likeness (QED) is 0.382. The number of benzene rings is 3. The van der Waals surface area contributed by atoms with E-state index in [1.807, 2.05) is 36.6 Å². The molecule has 0 saturated heterocycles. The third-order valence-electron chi connectivity index (χ3n) is 5.28. The maximum Gasteiger partial charge on any atom is 0.264 e. The maximum atomic E-state index is 12.9. The second kappa shape index (κ2) is 9.66. The Kier molecular flexibility index (Phi) is 6.67. The molecule has 34 heavy (non-hydrogen) atoms. The van der Waals surface area contributed by atoms with Crippen molar-refractivity contribution in [2.75, 3.05) is 23.8 Å². The topological polar surface area (TPSA) is 88.6 Å². The van der Waals surface area contributed by atoms with Gasteiger partial charge in [-0.1, -0.05) is 17.7 Å². The molecule has 0 saturated carbocycles. The van der Waals surface area contributed by atoms with E-state index < -0.39 is 10.0 Å². The molecule has 174 valence electrons. The molecule has 0 aliphatic heterocycles. The molecule has 7 nitrogen and oxygen atoms in total. The normalized spacial score (nSPS) is 11.1. The molecule has 1 N–H and O–H groups in total. The number of carbonyl (C=O) groups is 1. The fourth-order valence-electron chi connectivity index (χ4n) is 3.22. The Morgan fingerprint density at radius 2 is 1.62 bits per heavy atom. The van der Waals surface area contributed by atoms with Crippen LogP contribution in [-0.2, 0) is 10.0 Å². The molecule has 3 aromatic carbocycles. The first kappa shape index (κ1) is 23.5. The summed E-state index contributed by atoms with van der Waals surface area (Å²) in [7, 11) is -0.605. The van der Waals surface area contributed by atoms with Gasteiger partial charge in [0.1, 0.15) is 5.75 Å². The molecule has 0 spiro atoms. The van der Waals surface area contributed by atoms with Crippen molar-refractivity contribution in [3.63, 3.8) is 0 Å². The zero-order chi connectivity index (χ0) is 24.3. The predicted molar refractivity (Wildman–Crippen MR) is 135 cm³/mol. The van der Waals surface area contributed by atoms with E-state index in [1.165, 1.54) is 22.7 Å². The van der Waals surface area contributed by atoms with Crippen molar-refractivity contribution in [2.45, 2.75) is 11.8 Å². The molecule has 1 amide bonds. The van der Waals surface area contributed by atoms with Crippen LogP contribution in [-0.4, -0.2) is 33.5 Å². The van der Waals surface area contributed by atoms with Crippen molar-refractivity contribution < 1.29 is 17.9 Å². The van der Waals surface area contributed by atoms with Crippen LogP contribution in [0.5, 0.6) is 5.75 Å². The number of nitrogens with zero attached hydrogens (tertiary/aromatic N) is 2. The molecule has 0 radical (unpaired) electrons. The van der Waals surface area contributed by atoms with Gasteiger partial charge in [0.15, 0.2) is 5.13 Å². The van der Waals surface area contributed by atoms with Crippen molar-refractivity contribution in [2.24, 2.45) is 0 Å². The number of hydrogen-bond donors (Lipinski definition) is 1. The summed E-state index contributed by atoms with van der Waals surface area (Å²) in [4.78, 5) is 17.4. The lowest BCUT2D eigenvalue weighted by Gasteiger charge is -2.20. The van der Waals surface area contributed by atoms with Gasteiger partial charge >= 0.3 is 0 Å². The molecular formula is C25H23N3O4S2. The first-order chi connectivity index (χ1) is 16.3. The summed E-state index contributed by atoms with van der Waals surface area (Å²) >= 11 is 1.33. The van der Waals surface area contributed by atoms with Crippen LogP contribution in [0.3, 0.4) is 0 Å². The zero-order valence-corrected chi connectivity index (χ0v) is 20.5. The van der Waals surface area contributed by atoms with Crippen LogP contribution in [0.25, 0.3) is 11.3 Å². The number of anilines is 2. The van der Waals surface area contributed by atoms with Gasteiger partial charge < -0.3 is 4.74 Å². The predicted octanol–water partition coefficient (Wildman–Crippen LogP) is 5.20. The lowest BCUT2D eigenvalue weighted by molar-refractivity contribution is 0.102.